The van der Waals surface area contributed by atoms with E-state index in [1.165, 1.54) is 23.5 Å². The lowest BCUT2D eigenvalue weighted by Gasteiger charge is -2.25. The molecule has 2 atom stereocenters. The minimum atomic E-state index is -4.42. The second kappa shape index (κ2) is 7.55. The Morgan fingerprint density at radius 1 is 1.23 bits per heavy atom. The van der Waals surface area contributed by atoms with Gasteiger partial charge in [0.2, 0.25) is 0 Å². The number of aliphatic hydroxyl groups is 1. The molecule has 158 valence electrons. The van der Waals surface area contributed by atoms with E-state index in [0.717, 1.165) is 28.7 Å². The van der Waals surface area contributed by atoms with Gasteiger partial charge in [-0.2, -0.15) is 13.2 Å². The SMILES string of the molecule is Cc1cc(C(=O)N2C[C@H](O)C[C@H]2c2ccc(C(F)(F)F)cc2)c(C)n1-c1nccs1. The molecule has 1 aliphatic rings. The van der Waals surface area contributed by atoms with Gasteiger partial charge < -0.3 is 10.0 Å². The van der Waals surface area contributed by atoms with Crippen LogP contribution in [-0.4, -0.2) is 38.1 Å². The zero-order valence-corrected chi connectivity index (χ0v) is 17.2. The summed E-state index contributed by atoms with van der Waals surface area (Å²) in [7, 11) is 0. The van der Waals surface area contributed by atoms with E-state index >= 15 is 0 Å². The topological polar surface area (TPSA) is 58.4 Å². The highest BCUT2D eigenvalue weighted by Gasteiger charge is 2.37. The average Bonchev–Trinajstić information content (AvgIpc) is 3.40. The highest BCUT2D eigenvalue weighted by Crippen LogP contribution is 2.36. The number of halogens is 3. The largest absolute Gasteiger partial charge is 0.416 e. The molecule has 9 heteroatoms. The number of rotatable bonds is 3. The van der Waals surface area contributed by atoms with Gasteiger partial charge in [-0.3, -0.25) is 9.36 Å². The Kier molecular flexibility index (Phi) is 5.19. The number of likely N-dealkylation sites (tertiary alicyclic amines) is 1. The minimum absolute atomic E-state index is 0.130. The van der Waals surface area contributed by atoms with Gasteiger partial charge in [-0.1, -0.05) is 12.1 Å². The standard InChI is InChI=1S/C21H20F3N3O2S/c1-12-9-17(13(2)27(12)20-25-7-8-30-20)19(29)26-11-16(28)10-18(26)14-3-5-15(6-4-14)21(22,23)24/h3-9,16,18,28H,10-11H2,1-2H3/t16-,18+/m1/s1. The van der Waals surface area contributed by atoms with Gasteiger partial charge in [-0.15, -0.1) is 11.3 Å². The van der Waals surface area contributed by atoms with Crippen LogP contribution >= 0.6 is 11.3 Å². The lowest BCUT2D eigenvalue weighted by atomic mass is 10.0. The van der Waals surface area contributed by atoms with Crippen molar-refractivity contribution in [2.75, 3.05) is 6.54 Å². The molecule has 1 fully saturated rings. The van der Waals surface area contributed by atoms with Crippen LogP contribution in [-0.2, 0) is 6.18 Å². The Morgan fingerprint density at radius 3 is 2.53 bits per heavy atom. The molecule has 1 amide bonds. The van der Waals surface area contributed by atoms with Gasteiger partial charge in [0, 0.05) is 29.5 Å². The highest BCUT2D eigenvalue weighted by atomic mass is 32.1. The van der Waals surface area contributed by atoms with Crippen molar-refractivity contribution >= 4 is 17.2 Å². The number of nitrogens with zero attached hydrogens (tertiary/aromatic N) is 3. The molecule has 0 saturated carbocycles. The molecule has 1 aromatic carbocycles. The third-order valence-corrected chi connectivity index (χ3v) is 6.19. The predicted molar refractivity (Wildman–Crippen MR) is 107 cm³/mol. The molecule has 5 nitrogen and oxygen atoms in total. The molecule has 3 heterocycles. The van der Waals surface area contributed by atoms with Crippen LogP contribution in [0.4, 0.5) is 13.2 Å². The van der Waals surface area contributed by atoms with Gasteiger partial charge in [0.25, 0.3) is 5.91 Å². The molecule has 0 aliphatic carbocycles. The van der Waals surface area contributed by atoms with Crippen molar-refractivity contribution in [2.45, 2.75) is 38.6 Å². The maximum atomic E-state index is 13.4. The van der Waals surface area contributed by atoms with E-state index in [2.05, 4.69) is 4.98 Å². The van der Waals surface area contributed by atoms with E-state index in [1.807, 2.05) is 23.8 Å². The van der Waals surface area contributed by atoms with Gasteiger partial charge in [-0.25, -0.2) is 4.98 Å². The minimum Gasteiger partial charge on any atom is -0.391 e. The normalized spacial score (nSPS) is 19.5. The van der Waals surface area contributed by atoms with E-state index in [1.54, 1.807) is 17.2 Å². The smallest absolute Gasteiger partial charge is 0.391 e. The van der Waals surface area contributed by atoms with E-state index in [9.17, 15) is 23.1 Å². The Hall–Kier alpha value is -2.65. The van der Waals surface area contributed by atoms with Crippen molar-refractivity contribution < 1.29 is 23.1 Å². The molecule has 0 spiro atoms. The van der Waals surface area contributed by atoms with Crippen molar-refractivity contribution in [1.29, 1.82) is 0 Å². The average molecular weight is 435 g/mol. The van der Waals surface area contributed by atoms with Gasteiger partial charge in [0.15, 0.2) is 5.13 Å². The number of amides is 1. The van der Waals surface area contributed by atoms with Gasteiger partial charge in [-0.05, 0) is 44.0 Å². The molecular weight excluding hydrogens is 415 g/mol. The molecule has 1 saturated heterocycles. The van der Waals surface area contributed by atoms with Gasteiger partial charge in [0.05, 0.1) is 23.3 Å². The number of thiazole rings is 1. The van der Waals surface area contributed by atoms with Crippen LogP contribution in [0.1, 0.15) is 45.3 Å². The first-order valence-corrected chi connectivity index (χ1v) is 10.3. The second-order valence-corrected chi connectivity index (χ2v) is 8.29. The number of carbonyl (C=O) groups excluding carboxylic acids is 1. The Balaban J connectivity index is 1.66. The van der Waals surface area contributed by atoms with Crippen LogP contribution in [0.3, 0.4) is 0 Å². The second-order valence-electron chi connectivity index (χ2n) is 7.42. The summed E-state index contributed by atoms with van der Waals surface area (Å²) in [4.78, 5) is 19.2. The lowest BCUT2D eigenvalue weighted by molar-refractivity contribution is -0.137. The number of aromatic nitrogens is 2. The zero-order chi connectivity index (χ0) is 21.6. The number of hydrogen-bond acceptors (Lipinski definition) is 4. The molecule has 1 N–H and O–H groups in total. The number of carbonyl (C=O) groups is 1. The maximum absolute atomic E-state index is 13.4. The van der Waals surface area contributed by atoms with E-state index in [-0.39, 0.29) is 18.9 Å². The molecule has 4 rings (SSSR count). The van der Waals surface area contributed by atoms with E-state index in [4.69, 9.17) is 0 Å². The zero-order valence-electron chi connectivity index (χ0n) is 16.3. The molecule has 0 radical (unpaired) electrons. The lowest BCUT2D eigenvalue weighted by Crippen LogP contribution is -2.32. The summed E-state index contributed by atoms with van der Waals surface area (Å²) >= 11 is 1.46. The Bertz CT molecular complexity index is 1060. The maximum Gasteiger partial charge on any atom is 0.416 e. The highest BCUT2D eigenvalue weighted by molar-refractivity contribution is 7.12. The molecule has 2 aromatic heterocycles. The summed E-state index contributed by atoms with van der Waals surface area (Å²) in [5.41, 5.74) is 1.92. The van der Waals surface area contributed by atoms with Crippen molar-refractivity contribution in [3.8, 4) is 5.13 Å². The number of hydrogen-bond donors (Lipinski definition) is 1. The summed E-state index contributed by atoms with van der Waals surface area (Å²) in [6.45, 7) is 3.85. The summed E-state index contributed by atoms with van der Waals surface area (Å²) in [6.07, 6.45) is -3.18. The van der Waals surface area contributed by atoms with Crippen molar-refractivity contribution in [1.82, 2.24) is 14.5 Å². The number of β-amino-alcohol motifs (C(OH)–C–C–N with tert-alkyl or cyclic N) is 1. The van der Waals surface area contributed by atoms with Crippen molar-refractivity contribution in [3.63, 3.8) is 0 Å². The first kappa shape index (κ1) is 20.6. The van der Waals surface area contributed by atoms with Crippen molar-refractivity contribution in [2.24, 2.45) is 0 Å². The fraction of sp³-hybridized carbons (Fsp3) is 0.333. The van der Waals surface area contributed by atoms with Crippen LogP contribution in [0.15, 0.2) is 41.9 Å². The molecule has 30 heavy (non-hydrogen) atoms. The molecule has 3 aromatic rings. The van der Waals surface area contributed by atoms with Gasteiger partial charge >= 0.3 is 6.18 Å². The first-order chi connectivity index (χ1) is 14.2. The predicted octanol–water partition coefficient (Wildman–Crippen LogP) is 4.52. The van der Waals surface area contributed by atoms with Crippen LogP contribution in [0, 0.1) is 13.8 Å². The van der Waals surface area contributed by atoms with Crippen LogP contribution in [0.2, 0.25) is 0 Å². The summed E-state index contributed by atoms with van der Waals surface area (Å²) in [6, 6.07) is 6.08. The van der Waals surface area contributed by atoms with E-state index < -0.39 is 23.9 Å². The van der Waals surface area contributed by atoms with Crippen LogP contribution < -0.4 is 0 Å². The third kappa shape index (κ3) is 3.63. The fourth-order valence-electron chi connectivity index (χ4n) is 4.00. The summed E-state index contributed by atoms with van der Waals surface area (Å²) in [5, 5.41) is 12.8. The summed E-state index contributed by atoms with van der Waals surface area (Å²) < 4.78 is 40.5. The Labute approximate surface area is 175 Å². The Morgan fingerprint density at radius 2 is 1.93 bits per heavy atom. The number of benzene rings is 1. The monoisotopic (exact) mass is 435 g/mol. The van der Waals surface area contributed by atoms with Crippen LogP contribution in [0.25, 0.3) is 5.13 Å². The van der Waals surface area contributed by atoms with Gasteiger partial charge in [0.1, 0.15) is 0 Å². The quantitative estimate of drug-likeness (QED) is 0.658. The third-order valence-electron chi connectivity index (χ3n) is 5.43. The van der Waals surface area contributed by atoms with Crippen LogP contribution in [0.5, 0.6) is 0 Å². The first-order valence-electron chi connectivity index (χ1n) is 9.42. The molecule has 0 bridgehead atoms. The number of alkyl halides is 3. The molecule has 0 unspecified atom stereocenters. The number of aliphatic hydroxyl groups excluding tert-OH is 1. The van der Waals surface area contributed by atoms with E-state index in [0.29, 0.717) is 11.1 Å². The summed E-state index contributed by atoms with van der Waals surface area (Å²) in [5.74, 6) is -0.257. The number of aryl methyl sites for hydroxylation is 1. The van der Waals surface area contributed by atoms with Crippen molar-refractivity contribution in [3.05, 3.63) is 70.0 Å². The molecular formula is C21H20F3N3O2S. The fourth-order valence-corrected chi connectivity index (χ4v) is 4.75. The molecule has 1 aliphatic heterocycles.